The summed E-state index contributed by atoms with van der Waals surface area (Å²) in [5.74, 6) is 0.844. The van der Waals surface area contributed by atoms with Crippen molar-refractivity contribution in [3.8, 4) is 0 Å². The van der Waals surface area contributed by atoms with Gasteiger partial charge in [-0.25, -0.2) is 4.79 Å². The minimum Gasteiger partial charge on any atom is -0.467 e. The summed E-state index contributed by atoms with van der Waals surface area (Å²) >= 11 is 0. The van der Waals surface area contributed by atoms with Gasteiger partial charge in [0.1, 0.15) is 11.8 Å². The smallest absolute Gasteiger partial charge is 0.315 e. The van der Waals surface area contributed by atoms with Crippen molar-refractivity contribution in [3.63, 3.8) is 0 Å². The number of likely N-dealkylation sites (tertiary alicyclic amines) is 1. The Morgan fingerprint density at radius 1 is 1.17 bits per heavy atom. The molecule has 29 heavy (non-hydrogen) atoms. The van der Waals surface area contributed by atoms with Gasteiger partial charge in [0.25, 0.3) is 0 Å². The number of hydrogen-bond donors (Lipinski definition) is 3. The van der Waals surface area contributed by atoms with E-state index in [-0.39, 0.29) is 11.9 Å². The summed E-state index contributed by atoms with van der Waals surface area (Å²) in [6.07, 6.45) is 3.79. The number of urea groups is 1. The van der Waals surface area contributed by atoms with E-state index in [2.05, 4.69) is 45.1 Å². The summed E-state index contributed by atoms with van der Waals surface area (Å²) < 4.78 is 5.18. The van der Waals surface area contributed by atoms with E-state index in [9.17, 15) is 9.59 Å². The monoisotopic (exact) mass is 398 g/mol. The van der Waals surface area contributed by atoms with Gasteiger partial charge in [0.05, 0.1) is 12.8 Å². The van der Waals surface area contributed by atoms with Crippen molar-refractivity contribution in [2.24, 2.45) is 5.92 Å². The Morgan fingerprint density at radius 3 is 2.76 bits per heavy atom. The van der Waals surface area contributed by atoms with Gasteiger partial charge in [-0.2, -0.15) is 0 Å². The molecule has 7 nitrogen and oxygen atoms in total. The average molecular weight is 399 g/mol. The van der Waals surface area contributed by atoms with Crippen LogP contribution in [0.1, 0.15) is 31.1 Å². The van der Waals surface area contributed by atoms with Crippen molar-refractivity contribution < 1.29 is 14.0 Å². The second-order valence-electron chi connectivity index (χ2n) is 7.60. The molecule has 1 aliphatic rings. The summed E-state index contributed by atoms with van der Waals surface area (Å²) in [5.41, 5.74) is 1.31. The highest BCUT2D eigenvalue weighted by Gasteiger charge is 2.21. The standard InChI is InChI=1S/C22H30N4O3/c1-17(21(27)23-14-20-10-6-12-29-20)25-22(28)24-13-19-9-5-11-26(16-19)15-18-7-3-2-4-8-18/h2-4,6-8,10,12,17,19H,5,9,11,13-16H2,1H3,(H,23,27)(H2,24,25,28). The Bertz CT molecular complexity index is 764. The SMILES string of the molecule is CC(NC(=O)NCC1CCCN(Cc2ccccc2)C1)C(=O)NCc1ccco1. The lowest BCUT2D eigenvalue weighted by Gasteiger charge is -2.33. The molecule has 0 radical (unpaired) electrons. The van der Waals surface area contributed by atoms with E-state index in [4.69, 9.17) is 4.42 Å². The van der Waals surface area contributed by atoms with Crippen LogP contribution in [0, 0.1) is 5.92 Å². The van der Waals surface area contributed by atoms with Crippen LogP contribution in [0.25, 0.3) is 0 Å². The Morgan fingerprint density at radius 2 is 2.00 bits per heavy atom. The Kier molecular flexibility index (Phi) is 7.69. The summed E-state index contributed by atoms with van der Waals surface area (Å²) in [5, 5.41) is 8.35. The van der Waals surface area contributed by atoms with Gasteiger partial charge in [-0.1, -0.05) is 30.3 Å². The van der Waals surface area contributed by atoms with E-state index in [1.54, 1.807) is 25.3 Å². The quantitative estimate of drug-likeness (QED) is 0.638. The third-order valence-corrected chi connectivity index (χ3v) is 5.16. The molecule has 7 heteroatoms. The van der Waals surface area contributed by atoms with E-state index < -0.39 is 6.04 Å². The maximum absolute atomic E-state index is 12.2. The highest BCUT2D eigenvalue weighted by atomic mass is 16.3. The first-order valence-electron chi connectivity index (χ1n) is 10.2. The molecular weight excluding hydrogens is 368 g/mol. The van der Waals surface area contributed by atoms with Gasteiger partial charge >= 0.3 is 6.03 Å². The Labute approximate surface area is 171 Å². The first-order chi connectivity index (χ1) is 14.1. The van der Waals surface area contributed by atoms with Crippen LogP contribution in [-0.2, 0) is 17.9 Å². The van der Waals surface area contributed by atoms with Crippen LogP contribution in [0.15, 0.2) is 53.1 Å². The lowest BCUT2D eigenvalue weighted by Crippen LogP contribution is -2.50. The van der Waals surface area contributed by atoms with Crippen molar-refractivity contribution in [1.29, 1.82) is 0 Å². The molecule has 2 aromatic rings. The fourth-order valence-corrected chi connectivity index (χ4v) is 3.59. The zero-order valence-corrected chi connectivity index (χ0v) is 16.9. The third kappa shape index (κ3) is 6.94. The van der Waals surface area contributed by atoms with Crippen LogP contribution in [0.5, 0.6) is 0 Å². The maximum Gasteiger partial charge on any atom is 0.315 e. The minimum atomic E-state index is -0.620. The lowest BCUT2D eigenvalue weighted by atomic mass is 9.97. The van der Waals surface area contributed by atoms with Crippen LogP contribution in [0.3, 0.4) is 0 Å². The van der Waals surface area contributed by atoms with E-state index in [1.165, 1.54) is 5.56 Å². The van der Waals surface area contributed by atoms with Crippen LogP contribution < -0.4 is 16.0 Å². The second kappa shape index (κ2) is 10.7. The largest absolute Gasteiger partial charge is 0.467 e. The van der Waals surface area contributed by atoms with E-state index in [0.29, 0.717) is 24.8 Å². The molecule has 3 N–H and O–H groups in total. The molecule has 1 aromatic carbocycles. The van der Waals surface area contributed by atoms with Gasteiger partial charge in [-0.15, -0.1) is 0 Å². The normalized spacial score (nSPS) is 18.0. The summed E-state index contributed by atoms with van der Waals surface area (Å²) in [4.78, 5) is 26.7. The van der Waals surface area contributed by atoms with Gasteiger partial charge in [0.15, 0.2) is 0 Å². The number of furan rings is 1. The number of nitrogens with zero attached hydrogens (tertiary/aromatic N) is 1. The van der Waals surface area contributed by atoms with Gasteiger partial charge in [-0.3, -0.25) is 9.69 Å². The molecule has 1 aromatic heterocycles. The van der Waals surface area contributed by atoms with E-state index in [1.807, 2.05) is 6.07 Å². The molecule has 0 saturated carbocycles. The molecule has 3 amide bonds. The number of rotatable bonds is 8. The first kappa shape index (κ1) is 20.9. The second-order valence-corrected chi connectivity index (χ2v) is 7.60. The molecule has 2 unspecified atom stereocenters. The maximum atomic E-state index is 12.2. The highest BCUT2D eigenvalue weighted by Crippen LogP contribution is 2.18. The van der Waals surface area contributed by atoms with Crippen molar-refractivity contribution in [2.45, 2.75) is 38.9 Å². The van der Waals surface area contributed by atoms with Crippen LogP contribution in [0.2, 0.25) is 0 Å². The van der Waals surface area contributed by atoms with Crippen molar-refractivity contribution >= 4 is 11.9 Å². The van der Waals surface area contributed by atoms with Gasteiger partial charge in [0, 0.05) is 19.6 Å². The molecule has 156 valence electrons. The molecule has 2 heterocycles. The number of hydrogen-bond acceptors (Lipinski definition) is 4. The van der Waals surface area contributed by atoms with Gasteiger partial charge in [-0.05, 0) is 49.9 Å². The van der Waals surface area contributed by atoms with E-state index >= 15 is 0 Å². The predicted octanol–water partition coefficient (Wildman–Crippen LogP) is 2.50. The minimum absolute atomic E-state index is 0.247. The molecular formula is C22H30N4O3. The third-order valence-electron chi connectivity index (χ3n) is 5.16. The lowest BCUT2D eigenvalue weighted by molar-refractivity contribution is -0.122. The van der Waals surface area contributed by atoms with E-state index in [0.717, 1.165) is 32.5 Å². The summed E-state index contributed by atoms with van der Waals surface area (Å²) in [6, 6.07) is 13.1. The Balaban J connectivity index is 1.35. The van der Waals surface area contributed by atoms with Crippen molar-refractivity contribution in [3.05, 3.63) is 60.1 Å². The summed E-state index contributed by atoms with van der Waals surface area (Å²) in [6.45, 7) is 5.57. The van der Waals surface area contributed by atoms with Crippen LogP contribution >= 0.6 is 0 Å². The summed E-state index contributed by atoms with van der Waals surface area (Å²) in [7, 11) is 0. The molecule has 0 spiro atoms. The number of carbonyl (C=O) groups is 2. The fourth-order valence-electron chi connectivity index (χ4n) is 3.59. The fraction of sp³-hybridized carbons (Fsp3) is 0.455. The number of nitrogens with one attached hydrogen (secondary N) is 3. The molecule has 1 saturated heterocycles. The van der Waals surface area contributed by atoms with Crippen molar-refractivity contribution in [1.82, 2.24) is 20.9 Å². The molecule has 2 atom stereocenters. The predicted molar refractivity (Wildman–Crippen MR) is 111 cm³/mol. The van der Waals surface area contributed by atoms with Gasteiger partial charge in [0.2, 0.25) is 5.91 Å². The van der Waals surface area contributed by atoms with Crippen LogP contribution in [-0.4, -0.2) is 42.5 Å². The number of carbonyl (C=O) groups excluding carboxylic acids is 2. The molecule has 0 bridgehead atoms. The molecule has 3 rings (SSSR count). The highest BCUT2D eigenvalue weighted by molar-refractivity contribution is 5.86. The molecule has 1 fully saturated rings. The number of amides is 3. The number of piperidine rings is 1. The zero-order chi connectivity index (χ0) is 20.5. The zero-order valence-electron chi connectivity index (χ0n) is 16.9. The van der Waals surface area contributed by atoms with Gasteiger partial charge < -0.3 is 20.4 Å². The topological polar surface area (TPSA) is 86.6 Å². The Hall–Kier alpha value is -2.80. The molecule has 0 aliphatic carbocycles. The van der Waals surface area contributed by atoms with Crippen molar-refractivity contribution in [2.75, 3.05) is 19.6 Å². The first-order valence-corrected chi connectivity index (χ1v) is 10.2. The number of benzene rings is 1. The molecule has 1 aliphatic heterocycles. The van der Waals surface area contributed by atoms with Crippen LogP contribution in [0.4, 0.5) is 4.79 Å². The average Bonchev–Trinajstić information content (AvgIpc) is 3.25.